The Bertz CT molecular complexity index is 306. The van der Waals surface area contributed by atoms with Crippen LogP contribution in [-0.4, -0.2) is 35.2 Å². The number of carboxylic acids is 1. The van der Waals surface area contributed by atoms with Gasteiger partial charge >= 0.3 is 5.97 Å². The monoisotopic (exact) mass is 257 g/mol. The number of amides is 1. The first-order valence-corrected chi connectivity index (χ1v) is 6.50. The molecule has 2 N–H and O–H groups in total. The molecule has 1 rings (SSSR count). The summed E-state index contributed by atoms with van der Waals surface area (Å²) in [6.45, 7) is 7.45. The molecule has 0 aromatic carbocycles. The number of ether oxygens (including phenoxy) is 1. The second-order valence-corrected chi connectivity index (χ2v) is 5.49. The largest absolute Gasteiger partial charge is 0.480 e. The maximum absolute atomic E-state index is 12.1. The zero-order valence-electron chi connectivity index (χ0n) is 11.5. The highest BCUT2D eigenvalue weighted by molar-refractivity contribution is 5.85. The van der Waals surface area contributed by atoms with Gasteiger partial charge in [0.25, 0.3) is 0 Å². The lowest BCUT2D eigenvalue weighted by atomic mass is 9.91. The molecule has 1 aliphatic rings. The molecule has 0 bridgehead atoms. The Kier molecular flexibility index (Phi) is 5.14. The van der Waals surface area contributed by atoms with Gasteiger partial charge in [-0.15, -0.1) is 0 Å². The Morgan fingerprint density at radius 1 is 1.22 bits per heavy atom. The molecule has 104 valence electrons. The quantitative estimate of drug-likeness (QED) is 0.798. The van der Waals surface area contributed by atoms with E-state index in [1.807, 2.05) is 13.8 Å². The number of carbonyl (C=O) groups excluding carboxylic acids is 1. The first-order valence-electron chi connectivity index (χ1n) is 6.50. The SMILES string of the molecule is CC1CC(C(=O)N[C@H](C(=O)O)C(C)C)CC(C)O1. The van der Waals surface area contributed by atoms with Crippen molar-refractivity contribution >= 4 is 11.9 Å². The summed E-state index contributed by atoms with van der Waals surface area (Å²) in [7, 11) is 0. The van der Waals surface area contributed by atoms with Crippen LogP contribution in [0.1, 0.15) is 40.5 Å². The second-order valence-electron chi connectivity index (χ2n) is 5.49. The minimum Gasteiger partial charge on any atom is -0.480 e. The average Bonchev–Trinajstić information content (AvgIpc) is 2.23. The summed E-state index contributed by atoms with van der Waals surface area (Å²) < 4.78 is 5.57. The van der Waals surface area contributed by atoms with Crippen LogP contribution in [0.3, 0.4) is 0 Å². The fraction of sp³-hybridized carbons (Fsp3) is 0.846. The molecule has 1 heterocycles. The molecule has 0 saturated carbocycles. The molecule has 0 radical (unpaired) electrons. The van der Waals surface area contributed by atoms with E-state index in [1.165, 1.54) is 0 Å². The van der Waals surface area contributed by atoms with Crippen LogP contribution in [0.5, 0.6) is 0 Å². The number of carbonyl (C=O) groups is 2. The smallest absolute Gasteiger partial charge is 0.326 e. The molecular formula is C13H23NO4. The van der Waals surface area contributed by atoms with E-state index in [4.69, 9.17) is 9.84 Å². The van der Waals surface area contributed by atoms with Crippen LogP contribution in [0.15, 0.2) is 0 Å². The van der Waals surface area contributed by atoms with Gasteiger partial charge in [-0.1, -0.05) is 13.8 Å². The third-order valence-electron chi connectivity index (χ3n) is 3.30. The minimum atomic E-state index is -0.980. The van der Waals surface area contributed by atoms with Gasteiger partial charge in [-0.2, -0.15) is 0 Å². The molecule has 1 saturated heterocycles. The van der Waals surface area contributed by atoms with Gasteiger partial charge in [-0.25, -0.2) is 4.79 Å². The summed E-state index contributed by atoms with van der Waals surface area (Å²) in [6.07, 6.45) is 1.40. The van der Waals surface area contributed by atoms with Crippen LogP contribution in [0, 0.1) is 11.8 Å². The molecule has 0 spiro atoms. The van der Waals surface area contributed by atoms with Gasteiger partial charge in [0, 0.05) is 5.92 Å². The highest BCUT2D eigenvalue weighted by atomic mass is 16.5. The Balaban J connectivity index is 2.61. The topological polar surface area (TPSA) is 75.6 Å². The van der Waals surface area contributed by atoms with E-state index in [0.29, 0.717) is 12.8 Å². The van der Waals surface area contributed by atoms with Crippen molar-refractivity contribution in [3.05, 3.63) is 0 Å². The van der Waals surface area contributed by atoms with Gasteiger partial charge in [0.1, 0.15) is 6.04 Å². The highest BCUT2D eigenvalue weighted by Gasteiger charge is 2.32. The lowest BCUT2D eigenvalue weighted by Gasteiger charge is -2.32. The number of hydrogen-bond donors (Lipinski definition) is 2. The van der Waals surface area contributed by atoms with Crippen LogP contribution in [0.4, 0.5) is 0 Å². The van der Waals surface area contributed by atoms with Crippen molar-refractivity contribution in [3.8, 4) is 0 Å². The van der Waals surface area contributed by atoms with Crippen molar-refractivity contribution in [2.24, 2.45) is 11.8 Å². The van der Waals surface area contributed by atoms with E-state index >= 15 is 0 Å². The van der Waals surface area contributed by atoms with Crippen molar-refractivity contribution in [1.82, 2.24) is 5.32 Å². The van der Waals surface area contributed by atoms with Crippen molar-refractivity contribution in [2.75, 3.05) is 0 Å². The number of carboxylic acid groups (broad SMARTS) is 1. The summed E-state index contributed by atoms with van der Waals surface area (Å²) in [5, 5.41) is 11.7. The van der Waals surface area contributed by atoms with Crippen molar-refractivity contribution in [1.29, 1.82) is 0 Å². The van der Waals surface area contributed by atoms with Gasteiger partial charge in [0.05, 0.1) is 12.2 Å². The Labute approximate surface area is 108 Å². The van der Waals surface area contributed by atoms with Crippen molar-refractivity contribution < 1.29 is 19.4 Å². The summed E-state index contributed by atoms with van der Waals surface area (Å²) in [4.78, 5) is 23.1. The van der Waals surface area contributed by atoms with E-state index in [-0.39, 0.29) is 30.0 Å². The average molecular weight is 257 g/mol. The van der Waals surface area contributed by atoms with E-state index in [0.717, 1.165) is 0 Å². The van der Waals surface area contributed by atoms with Gasteiger partial charge in [-0.3, -0.25) is 4.79 Å². The van der Waals surface area contributed by atoms with Gasteiger partial charge in [0.2, 0.25) is 5.91 Å². The second kappa shape index (κ2) is 6.18. The molecule has 1 aliphatic heterocycles. The maximum atomic E-state index is 12.1. The molecule has 5 nitrogen and oxygen atoms in total. The summed E-state index contributed by atoms with van der Waals surface area (Å²) in [5.74, 6) is -1.42. The van der Waals surface area contributed by atoms with Crippen LogP contribution >= 0.6 is 0 Å². The Morgan fingerprint density at radius 2 is 1.72 bits per heavy atom. The molecule has 0 aromatic heterocycles. The molecule has 1 fully saturated rings. The zero-order valence-corrected chi connectivity index (χ0v) is 11.5. The third kappa shape index (κ3) is 3.98. The first kappa shape index (κ1) is 15.0. The molecule has 5 heteroatoms. The van der Waals surface area contributed by atoms with E-state index in [9.17, 15) is 9.59 Å². The fourth-order valence-corrected chi connectivity index (χ4v) is 2.40. The van der Waals surface area contributed by atoms with Gasteiger partial charge < -0.3 is 15.2 Å². The zero-order chi connectivity index (χ0) is 13.9. The summed E-state index contributed by atoms with van der Waals surface area (Å²) in [5.41, 5.74) is 0. The maximum Gasteiger partial charge on any atom is 0.326 e. The van der Waals surface area contributed by atoms with Crippen molar-refractivity contribution in [3.63, 3.8) is 0 Å². The van der Waals surface area contributed by atoms with E-state index in [2.05, 4.69) is 5.32 Å². The van der Waals surface area contributed by atoms with Gasteiger partial charge in [0.15, 0.2) is 0 Å². The van der Waals surface area contributed by atoms with Crippen LogP contribution < -0.4 is 5.32 Å². The number of rotatable bonds is 4. The predicted molar refractivity (Wildman–Crippen MR) is 67.1 cm³/mol. The molecular weight excluding hydrogens is 234 g/mol. The molecule has 3 atom stereocenters. The Hall–Kier alpha value is -1.10. The minimum absolute atomic E-state index is 0.0480. The molecule has 18 heavy (non-hydrogen) atoms. The lowest BCUT2D eigenvalue weighted by Crippen LogP contribution is -2.48. The number of aliphatic carboxylic acids is 1. The third-order valence-corrected chi connectivity index (χ3v) is 3.30. The summed E-state index contributed by atoms with van der Waals surface area (Å²) >= 11 is 0. The normalized spacial score (nSPS) is 29.9. The standard InChI is InChI=1S/C13H23NO4/c1-7(2)11(13(16)17)14-12(15)10-5-8(3)18-9(4)6-10/h7-11H,5-6H2,1-4H3,(H,14,15)(H,16,17)/t8?,9?,10?,11-/m0/s1. The first-order chi connectivity index (χ1) is 8.31. The molecule has 0 aliphatic carbocycles. The van der Waals surface area contributed by atoms with Crippen LogP contribution in [0.25, 0.3) is 0 Å². The molecule has 2 unspecified atom stereocenters. The van der Waals surface area contributed by atoms with Crippen LogP contribution in [-0.2, 0) is 14.3 Å². The fourth-order valence-electron chi connectivity index (χ4n) is 2.40. The van der Waals surface area contributed by atoms with Gasteiger partial charge in [-0.05, 0) is 32.6 Å². The van der Waals surface area contributed by atoms with E-state index in [1.54, 1.807) is 13.8 Å². The lowest BCUT2D eigenvalue weighted by molar-refractivity contribution is -0.145. The molecule has 0 aromatic rings. The van der Waals surface area contributed by atoms with E-state index < -0.39 is 12.0 Å². The summed E-state index contributed by atoms with van der Waals surface area (Å²) in [6, 6.07) is -0.814. The van der Waals surface area contributed by atoms with Crippen LogP contribution in [0.2, 0.25) is 0 Å². The number of hydrogen-bond acceptors (Lipinski definition) is 3. The highest BCUT2D eigenvalue weighted by Crippen LogP contribution is 2.25. The molecule has 1 amide bonds. The predicted octanol–water partition coefficient (Wildman–Crippen LogP) is 1.42. The number of nitrogens with one attached hydrogen (secondary N) is 1. The van der Waals surface area contributed by atoms with Crippen molar-refractivity contribution in [2.45, 2.75) is 58.8 Å². The Morgan fingerprint density at radius 3 is 2.11 bits per heavy atom.